The average Bonchev–Trinajstić information content (AvgIpc) is 2.83. The molecule has 0 atom stereocenters. The predicted octanol–water partition coefficient (Wildman–Crippen LogP) is 4.62. The van der Waals surface area contributed by atoms with Gasteiger partial charge in [-0.2, -0.15) is 0 Å². The van der Waals surface area contributed by atoms with Gasteiger partial charge in [-0.3, -0.25) is 0 Å². The van der Waals surface area contributed by atoms with Crippen molar-refractivity contribution in [3.63, 3.8) is 0 Å². The van der Waals surface area contributed by atoms with Gasteiger partial charge in [0.25, 0.3) is 0 Å². The zero-order chi connectivity index (χ0) is 23.2. The van der Waals surface area contributed by atoms with Crippen LogP contribution in [0.1, 0.15) is 17.3 Å². The molecule has 4 rings (SSSR count). The maximum atomic E-state index is 12.2. The summed E-state index contributed by atoms with van der Waals surface area (Å²) >= 11 is 0. The molecule has 0 bridgehead atoms. The van der Waals surface area contributed by atoms with Gasteiger partial charge < -0.3 is 18.6 Å². The van der Waals surface area contributed by atoms with E-state index >= 15 is 0 Å². The number of hydrogen-bond donors (Lipinski definition) is 0. The molecule has 0 radical (unpaired) electrons. The first-order valence-electron chi connectivity index (χ1n) is 10.3. The lowest BCUT2D eigenvalue weighted by Crippen LogP contribution is -2.18. The normalized spacial score (nSPS) is 10.6. The molecule has 0 amide bonds. The van der Waals surface area contributed by atoms with E-state index in [0.717, 1.165) is 11.1 Å². The number of ether oxygens (including phenoxy) is 3. The molecule has 7 nitrogen and oxygen atoms in total. The van der Waals surface area contributed by atoms with E-state index in [0.29, 0.717) is 11.1 Å². The molecule has 0 aliphatic rings. The zero-order valence-electron chi connectivity index (χ0n) is 17.8. The Balaban J connectivity index is 1.39. The minimum absolute atomic E-state index is 0.143. The number of hydrogen-bond acceptors (Lipinski definition) is 7. The highest BCUT2D eigenvalue weighted by Gasteiger charge is 2.15. The van der Waals surface area contributed by atoms with Gasteiger partial charge in [-0.25, -0.2) is 14.4 Å². The number of fused-ring (bicyclic) bond motifs is 1. The SMILES string of the molecule is CCOC(=O)c1cc2ccc(OC(=O)COc3ccc(-c4ccccc4)cc3)cc2oc1=O. The molecule has 166 valence electrons. The third-order valence-electron chi connectivity index (χ3n) is 4.75. The number of rotatable bonds is 7. The van der Waals surface area contributed by atoms with Crippen LogP contribution >= 0.6 is 0 Å². The van der Waals surface area contributed by atoms with E-state index in [-0.39, 0.29) is 30.1 Å². The molecule has 0 N–H and O–H groups in total. The van der Waals surface area contributed by atoms with Crippen molar-refractivity contribution in [2.45, 2.75) is 6.92 Å². The van der Waals surface area contributed by atoms with Crippen molar-refractivity contribution >= 4 is 22.9 Å². The highest BCUT2D eigenvalue weighted by molar-refractivity contribution is 5.93. The van der Waals surface area contributed by atoms with Crippen molar-refractivity contribution in [3.8, 4) is 22.6 Å². The number of carbonyl (C=O) groups is 2. The van der Waals surface area contributed by atoms with Gasteiger partial charge in [0, 0.05) is 11.5 Å². The lowest BCUT2D eigenvalue weighted by molar-refractivity contribution is -0.136. The third kappa shape index (κ3) is 5.27. The molecule has 0 fully saturated rings. The molecule has 4 aromatic rings. The quantitative estimate of drug-likeness (QED) is 0.233. The molecule has 0 spiro atoms. The summed E-state index contributed by atoms with van der Waals surface area (Å²) in [6, 6.07) is 23.2. The largest absolute Gasteiger partial charge is 0.482 e. The maximum Gasteiger partial charge on any atom is 0.351 e. The highest BCUT2D eigenvalue weighted by Crippen LogP contribution is 2.23. The summed E-state index contributed by atoms with van der Waals surface area (Å²) in [5, 5.41) is 0.493. The number of esters is 2. The van der Waals surface area contributed by atoms with E-state index in [1.807, 2.05) is 42.5 Å². The van der Waals surface area contributed by atoms with Crippen molar-refractivity contribution in [1.82, 2.24) is 0 Å². The average molecular weight is 444 g/mol. The van der Waals surface area contributed by atoms with Crippen LogP contribution in [0.2, 0.25) is 0 Å². The summed E-state index contributed by atoms with van der Waals surface area (Å²) in [6.07, 6.45) is 0. The topological polar surface area (TPSA) is 92.0 Å². The summed E-state index contributed by atoms with van der Waals surface area (Å²) in [4.78, 5) is 36.1. The first-order chi connectivity index (χ1) is 16.0. The fraction of sp³-hybridized carbons (Fsp3) is 0.115. The Morgan fingerprint density at radius 2 is 1.55 bits per heavy atom. The molecule has 1 aromatic heterocycles. The first-order valence-corrected chi connectivity index (χ1v) is 10.3. The van der Waals surface area contributed by atoms with Crippen LogP contribution in [0, 0.1) is 0 Å². The summed E-state index contributed by atoms with van der Waals surface area (Å²) in [6.45, 7) is 1.49. The molecule has 1 heterocycles. The number of benzene rings is 3. The highest BCUT2D eigenvalue weighted by atomic mass is 16.6. The van der Waals surface area contributed by atoms with Crippen LogP contribution in [0.25, 0.3) is 22.1 Å². The minimum Gasteiger partial charge on any atom is -0.482 e. The van der Waals surface area contributed by atoms with E-state index in [4.69, 9.17) is 18.6 Å². The van der Waals surface area contributed by atoms with Gasteiger partial charge in [0.2, 0.25) is 0 Å². The van der Waals surface area contributed by atoms with E-state index in [9.17, 15) is 14.4 Å². The molecule has 0 saturated carbocycles. The van der Waals surface area contributed by atoms with Gasteiger partial charge in [0.1, 0.15) is 22.6 Å². The summed E-state index contributed by atoms with van der Waals surface area (Å²) in [5.74, 6) is -0.658. The van der Waals surface area contributed by atoms with Gasteiger partial charge in [0.15, 0.2) is 6.61 Å². The van der Waals surface area contributed by atoms with Gasteiger partial charge in [-0.05, 0) is 48.4 Å². The van der Waals surface area contributed by atoms with Crippen LogP contribution in [0.4, 0.5) is 0 Å². The molecule has 3 aromatic carbocycles. The van der Waals surface area contributed by atoms with E-state index in [2.05, 4.69) is 0 Å². The summed E-state index contributed by atoms with van der Waals surface area (Å²) in [5.41, 5.74) is 1.28. The third-order valence-corrected chi connectivity index (χ3v) is 4.75. The molecule has 0 aliphatic carbocycles. The second-order valence-electron chi connectivity index (χ2n) is 7.02. The fourth-order valence-electron chi connectivity index (χ4n) is 3.18. The molecule has 33 heavy (non-hydrogen) atoms. The molecular formula is C26H20O7. The minimum atomic E-state index is -0.827. The van der Waals surface area contributed by atoms with Crippen molar-refractivity contribution < 1.29 is 28.2 Å². The molecular weight excluding hydrogens is 424 g/mol. The fourth-order valence-corrected chi connectivity index (χ4v) is 3.18. The van der Waals surface area contributed by atoms with E-state index < -0.39 is 17.6 Å². The molecule has 0 aliphatic heterocycles. The van der Waals surface area contributed by atoms with Crippen LogP contribution in [-0.2, 0) is 9.53 Å². The lowest BCUT2D eigenvalue weighted by atomic mass is 10.1. The second kappa shape index (κ2) is 9.82. The van der Waals surface area contributed by atoms with E-state index in [1.54, 1.807) is 25.1 Å². The molecule has 7 heteroatoms. The monoisotopic (exact) mass is 444 g/mol. The first kappa shape index (κ1) is 21.8. The summed E-state index contributed by atoms with van der Waals surface area (Å²) in [7, 11) is 0. The lowest BCUT2D eigenvalue weighted by Gasteiger charge is -2.08. The van der Waals surface area contributed by atoms with Crippen LogP contribution < -0.4 is 15.1 Å². The second-order valence-corrected chi connectivity index (χ2v) is 7.02. The Labute approximate surface area is 189 Å². The Kier molecular flexibility index (Phi) is 6.50. The Bertz CT molecular complexity index is 1340. The van der Waals surface area contributed by atoms with E-state index in [1.165, 1.54) is 18.2 Å². The number of carbonyl (C=O) groups excluding carboxylic acids is 2. The standard InChI is InChI=1S/C26H20O7/c1-2-30-25(28)22-14-19-10-13-21(15-23(19)33-26(22)29)32-24(27)16-31-20-11-8-18(9-12-20)17-6-4-3-5-7-17/h3-15H,2,16H2,1H3. The van der Waals surface area contributed by atoms with Crippen molar-refractivity contribution in [3.05, 3.63) is 94.8 Å². The zero-order valence-corrected chi connectivity index (χ0v) is 17.8. The Morgan fingerprint density at radius 1 is 0.848 bits per heavy atom. The molecule has 0 saturated heterocycles. The predicted molar refractivity (Wildman–Crippen MR) is 121 cm³/mol. The Morgan fingerprint density at radius 3 is 2.27 bits per heavy atom. The molecule has 0 unspecified atom stereocenters. The van der Waals surface area contributed by atoms with Crippen molar-refractivity contribution in [2.75, 3.05) is 13.2 Å². The van der Waals surface area contributed by atoms with Crippen molar-refractivity contribution in [2.24, 2.45) is 0 Å². The smallest absolute Gasteiger partial charge is 0.351 e. The van der Waals surface area contributed by atoms with Crippen LogP contribution in [0.15, 0.2) is 88.1 Å². The van der Waals surface area contributed by atoms with Crippen LogP contribution in [-0.4, -0.2) is 25.2 Å². The summed E-state index contributed by atoms with van der Waals surface area (Å²) < 4.78 is 20.8. The van der Waals surface area contributed by atoms with Crippen LogP contribution in [0.5, 0.6) is 11.5 Å². The van der Waals surface area contributed by atoms with Crippen LogP contribution in [0.3, 0.4) is 0 Å². The van der Waals surface area contributed by atoms with Gasteiger partial charge >= 0.3 is 17.6 Å². The van der Waals surface area contributed by atoms with Gasteiger partial charge in [-0.15, -0.1) is 0 Å². The van der Waals surface area contributed by atoms with Gasteiger partial charge in [0.05, 0.1) is 6.61 Å². The van der Waals surface area contributed by atoms with Gasteiger partial charge in [-0.1, -0.05) is 42.5 Å². The Hall–Kier alpha value is -4.39. The van der Waals surface area contributed by atoms with Crippen molar-refractivity contribution in [1.29, 1.82) is 0 Å². The maximum absolute atomic E-state index is 12.2.